The second-order valence-electron chi connectivity index (χ2n) is 8.41. The highest BCUT2D eigenvalue weighted by molar-refractivity contribution is 6.05. The molecule has 0 saturated carbocycles. The number of hydrogen-bond acceptors (Lipinski definition) is 6. The monoisotopic (exact) mass is 434 g/mol. The van der Waals surface area contributed by atoms with Crippen molar-refractivity contribution in [3.63, 3.8) is 0 Å². The van der Waals surface area contributed by atoms with Crippen LogP contribution in [-0.2, 0) is 9.63 Å². The molecule has 2 aliphatic rings. The van der Waals surface area contributed by atoms with E-state index in [2.05, 4.69) is 15.3 Å². The van der Waals surface area contributed by atoms with Gasteiger partial charge in [-0.3, -0.25) is 4.79 Å². The van der Waals surface area contributed by atoms with Gasteiger partial charge in [0.25, 0.3) is 5.91 Å². The molecule has 1 amide bonds. The first kappa shape index (κ1) is 20.4. The van der Waals surface area contributed by atoms with Gasteiger partial charge in [0.05, 0.1) is 5.71 Å². The number of aromatic nitrogens is 2. The summed E-state index contributed by atoms with van der Waals surface area (Å²) in [5.74, 6) is 0.767. The van der Waals surface area contributed by atoms with Crippen LogP contribution in [0, 0.1) is 5.82 Å². The van der Waals surface area contributed by atoms with Crippen LogP contribution in [0.15, 0.2) is 64.3 Å². The van der Waals surface area contributed by atoms with Gasteiger partial charge in [0, 0.05) is 36.6 Å². The maximum absolute atomic E-state index is 14.1. The van der Waals surface area contributed by atoms with Crippen LogP contribution >= 0.6 is 0 Å². The maximum atomic E-state index is 14.1. The summed E-state index contributed by atoms with van der Waals surface area (Å²) in [4.78, 5) is 25.1. The van der Waals surface area contributed by atoms with Gasteiger partial charge in [0.15, 0.2) is 0 Å². The van der Waals surface area contributed by atoms with Gasteiger partial charge in [-0.2, -0.15) is 4.98 Å². The van der Waals surface area contributed by atoms with E-state index in [9.17, 15) is 9.18 Å². The molecule has 1 aromatic heterocycles. The van der Waals surface area contributed by atoms with Crippen molar-refractivity contribution in [3.05, 3.63) is 71.9 Å². The van der Waals surface area contributed by atoms with E-state index < -0.39 is 5.60 Å². The number of carbonyl (C=O) groups is 1. The van der Waals surface area contributed by atoms with E-state index in [0.717, 1.165) is 18.4 Å². The number of amides is 1. The largest absolute Gasteiger partial charge is 0.379 e. The fourth-order valence-corrected chi connectivity index (χ4v) is 4.26. The van der Waals surface area contributed by atoms with E-state index >= 15 is 0 Å². The molecule has 1 atom stereocenters. The van der Waals surface area contributed by atoms with Crippen LogP contribution < -0.4 is 0 Å². The number of hydrogen-bond donors (Lipinski definition) is 0. The van der Waals surface area contributed by atoms with E-state index in [0.29, 0.717) is 36.1 Å². The average Bonchev–Trinajstić information content (AvgIpc) is 3.48. The van der Waals surface area contributed by atoms with Crippen molar-refractivity contribution < 1.29 is 18.5 Å². The first-order valence-corrected chi connectivity index (χ1v) is 10.7. The number of carbonyl (C=O) groups excluding carboxylic acids is 1. The van der Waals surface area contributed by atoms with Crippen LogP contribution in [0.1, 0.15) is 43.6 Å². The molecule has 1 unspecified atom stereocenters. The van der Waals surface area contributed by atoms with Gasteiger partial charge in [-0.05, 0) is 25.8 Å². The highest BCUT2D eigenvalue weighted by atomic mass is 19.1. The molecule has 5 rings (SSSR count). The van der Waals surface area contributed by atoms with Gasteiger partial charge >= 0.3 is 0 Å². The second-order valence-corrected chi connectivity index (χ2v) is 8.41. The molecule has 164 valence electrons. The van der Waals surface area contributed by atoms with Crippen LogP contribution in [0.25, 0.3) is 11.4 Å². The lowest BCUT2D eigenvalue weighted by atomic mass is 9.91. The van der Waals surface area contributed by atoms with Crippen LogP contribution in [-0.4, -0.2) is 45.3 Å². The molecule has 1 saturated heterocycles. The Hall–Kier alpha value is -3.55. The predicted molar refractivity (Wildman–Crippen MR) is 115 cm³/mol. The van der Waals surface area contributed by atoms with Gasteiger partial charge in [-0.15, -0.1) is 0 Å². The minimum Gasteiger partial charge on any atom is -0.379 e. The van der Waals surface area contributed by atoms with Crippen LogP contribution in [0.3, 0.4) is 0 Å². The molecule has 2 aromatic carbocycles. The van der Waals surface area contributed by atoms with E-state index in [1.807, 2.05) is 30.3 Å². The quantitative estimate of drug-likeness (QED) is 0.616. The van der Waals surface area contributed by atoms with Gasteiger partial charge in [-0.25, -0.2) is 4.39 Å². The van der Waals surface area contributed by atoms with Crippen molar-refractivity contribution >= 4 is 11.6 Å². The topological polar surface area (TPSA) is 80.8 Å². The Labute approximate surface area is 184 Å². The van der Waals surface area contributed by atoms with E-state index in [4.69, 9.17) is 9.36 Å². The smallest absolute Gasteiger partial charge is 0.269 e. The Bertz CT molecular complexity index is 1150. The minimum absolute atomic E-state index is 0.103. The number of likely N-dealkylation sites (tertiary alicyclic amines) is 1. The van der Waals surface area contributed by atoms with Gasteiger partial charge < -0.3 is 14.3 Å². The number of nitrogens with zero attached hydrogens (tertiary/aromatic N) is 4. The summed E-state index contributed by atoms with van der Waals surface area (Å²) in [5, 5.41) is 8.13. The highest BCUT2D eigenvalue weighted by Crippen LogP contribution is 2.33. The number of piperidine rings is 1. The van der Waals surface area contributed by atoms with Gasteiger partial charge in [0.2, 0.25) is 17.3 Å². The van der Waals surface area contributed by atoms with Crippen molar-refractivity contribution in [2.45, 2.75) is 37.7 Å². The molecule has 0 aliphatic carbocycles. The third-order valence-corrected chi connectivity index (χ3v) is 6.10. The lowest BCUT2D eigenvalue weighted by Gasteiger charge is -2.34. The molecular formula is C24H23FN4O3. The predicted octanol–water partition coefficient (Wildman–Crippen LogP) is 4.17. The lowest BCUT2D eigenvalue weighted by Crippen LogP contribution is -2.50. The fourth-order valence-electron chi connectivity index (χ4n) is 4.26. The number of oxime groups is 1. The zero-order valence-electron chi connectivity index (χ0n) is 17.7. The Morgan fingerprint density at radius 1 is 1.09 bits per heavy atom. The van der Waals surface area contributed by atoms with E-state index in [1.54, 1.807) is 30.0 Å². The van der Waals surface area contributed by atoms with E-state index in [1.165, 1.54) is 6.07 Å². The van der Waals surface area contributed by atoms with Gasteiger partial charge in [-0.1, -0.05) is 58.8 Å². The first-order chi connectivity index (χ1) is 15.5. The van der Waals surface area contributed by atoms with Crippen LogP contribution in [0.5, 0.6) is 0 Å². The van der Waals surface area contributed by atoms with Gasteiger partial charge in [0.1, 0.15) is 5.82 Å². The van der Waals surface area contributed by atoms with Crippen LogP contribution in [0.2, 0.25) is 0 Å². The third-order valence-electron chi connectivity index (χ3n) is 6.10. The first-order valence-electron chi connectivity index (χ1n) is 10.7. The zero-order chi connectivity index (χ0) is 22.1. The molecule has 0 radical (unpaired) electrons. The van der Waals surface area contributed by atoms with Crippen molar-refractivity contribution in [1.82, 2.24) is 15.0 Å². The summed E-state index contributed by atoms with van der Waals surface area (Å²) < 4.78 is 19.6. The number of rotatable bonds is 4. The van der Waals surface area contributed by atoms with Crippen molar-refractivity contribution in [2.75, 3.05) is 13.1 Å². The molecule has 32 heavy (non-hydrogen) atoms. The van der Waals surface area contributed by atoms with Crippen molar-refractivity contribution in [2.24, 2.45) is 5.16 Å². The third kappa shape index (κ3) is 3.77. The van der Waals surface area contributed by atoms with Crippen molar-refractivity contribution in [3.8, 4) is 11.4 Å². The molecule has 8 heteroatoms. The molecule has 7 nitrogen and oxygen atoms in total. The summed E-state index contributed by atoms with van der Waals surface area (Å²) in [5.41, 5.74) is 0.601. The molecule has 0 spiro atoms. The summed E-state index contributed by atoms with van der Waals surface area (Å²) in [6.45, 7) is 2.82. The van der Waals surface area contributed by atoms with E-state index in [-0.39, 0.29) is 24.1 Å². The maximum Gasteiger partial charge on any atom is 0.269 e. The zero-order valence-corrected chi connectivity index (χ0v) is 17.7. The highest BCUT2D eigenvalue weighted by Gasteiger charge is 2.46. The summed E-state index contributed by atoms with van der Waals surface area (Å²) in [7, 11) is 0. The molecule has 1 fully saturated rings. The second kappa shape index (κ2) is 8.18. The molecule has 0 N–H and O–H groups in total. The molecule has 3 aromatic rings. The summed E-state index contributed by atoms with van der Waals surface area (Å²) in [6, 6.07) is 16.1. The molecule has 3 heterocycles. The summed E-state index contributed by atoms with van der Waals surface area (Å²) >= 11 is 0. The molecule has 2 aliphatic heterocycles. The normalized spacial score (nSPS) is 21.3. The number of halogens is 1. The molecule has 0 bridgehead atoms. The number of benzene rings is 2. The molecular weight excluding hydrogens is 411 g/mol. The SMILES string of the molecule is CC1(C(=O)N2CCC(c3nc(-c4ccccc4)no3)CC2)CC(c2ccccc2F)=NO1. The fraction of sp³-hybridized carbons (Fsp3) is 0.333. The minimum atomic E-state index is -1.13. The van der Waals surface area contributed by atoms with Crippen LogP contribution in [0.4, 0.5) is 4.39 Å². The van der Waals surface area contributed by atoms with Crippen molar-refractivity contribution in [1.29, 1.82) is 0 Å². The lowest BCUT2D eigenvalue weighted by molar-refractivity contribution is -0.154. The Kier molecular flexibility index (Phi) is 5.20. The summed E-state index contributed by atoms with van der Waals surface area (Å²) in [6.07, 6.45) is 1.68. The Morgan fingerprint density at radius 2 is 1.81 bits per heavy atom. The standard InChI is InChI=1S/C24H23FN4O3/c1-24(15-20(27-32-24)18-9-5-6-10-19(18)25)23(30)29-13-11-17(12-14-29)22-26-21(28-31-22)16-7-3-2-4-8-16/h2-10,17H,11-15H2,1H3. The Balaban J connectivity index is 1.21. The Morgan fingerprint density at radius 3 is 2.56 bits per heavy atom. The average molecular weight is 434 g/mol.